The Morgan fingerprint density at radius 2 is 1.81 bits per heavy atom. The van der Waals surface area contributed by atoms with Crippen LogP contribution in [0.15, 0.2) is 30.3 Å². The van der Waals surface area contributed by atoms with Crippen LogP contribution in [0.2, 0.25) is 0 Å². The van der Waals surface area contributed by atoms with Crippen molar-refractivity contribution in [2.24, 2.45) is 11.8 Å². The molecule has 0 spiro atoms. The Bertz CT molecular complexity index is 266. The minimum absolute atomic E-state index is 0.809. The van der Waals surface area contributed by atoms with Crippen molar-refractivity contribution >= 4 is 0 Å². The van der Waals surface area contributed by atoms with Crippen LogP contribution >= 0.6 is 0 Å². The summed E-state index contributed by atoms with van der Waals surface area (Å²) in [5.74, 6) is 1.63. The quantitative estimate of drug-likeness (QED) is 0.734. The summed E-state index contributed by atoms with van der Waals surface area (Å²) in [6.45, 7) is 9.04. The summed E-state index contributed by atoms with van der Waals surface area (Å²) in [5, 5.41) is 3.56. The lowest BCUT2D eigenvalue weighted by Crippen LogP contribution is -2.23. The highest BCUT2D eigenvalue weighted by Crippen LogP contribution is 2.14. The molecule has 0 fully saturated rings. The molecule has 0 radical (unpaired) electrons. The van der Waals surface area contributed by atoms with Crippen LogP contribution in [0.25, 0.3) is 0 Å². The largest absolute Gasteiger partial charge is 0.312 e. The third kappa shape index (κ3) is 5.32. The summed E-state index contributed by atoms with van der Waals surface area (Å²) in [6.07, 6.45) is 2.61. The standard InChI is InChI=1S/C15H25N/c1-4-14(10-13(2)3)11-16-12-15-8-6-5-7-9-15/h5-9,13-14,16H,4,10-12H2,1-3H3. The van der Waals surface area contributed by atoms with E-state index in [-0.39, 0.29) is 0 Å². The fourth-order valence-corrected chi connectivity index (χ4v) is 2.08. The summed E-state index contributed by atoms with van der Waals surface area (Å²) < 4.78 is 0. The van der Waals surface area contributed by atoms with E-state index >= 15 is 0 Å². The third-order valence-corrected chi connectivity index (χ3v) is 2.99. The zero-order chi connectivity index (χ0) is 11.8. The fourth-order valence-electron chi connectivity index (χ4n) is 2.08. The van der Waals surface area contributed by atoms with Gasteiger partial charge in [0, 0.05) is 6.54 Å². The molecule has 0 bridgehead atoms. The Morgan fingerprint density at radius 1 is 1.12 bits per heavy atom. The van der Waals surface area contributed by atoms with Gasteiger partial charge in [0.15, 0.2) is 0 Å². The monoisotopic (exact) mass is 219 g/mol. The first kappa shape index (κ1) is 13.2. The first-order valence-corrected chi connectivity index (χ1v) is 6.47. The summed E-state index contributed by atoms with van der Waals surface area (Å²) in [7, 11) is 0. The van der Waals surface area contributed by atoms with Crippen molar-refractivity contribution in [3.05, 3.63) is 35.9 Å². The van der Waals surface area contributed by atoms with Crippen LogP contribution in [0.3, 0.4) is 0 Å². The first-order chi connectivity index (χ1) is 7.72. The molecule has 16 heavy (non-hydrogen) atoms. The van der Waals surface area contributed by atoms with E-state index in [0.29, 0.717) is 0 Å². The van der Waals surface area contributed by atoms with Crippen LogP contribution in [0.4, 0.5) is 0 Å². The molecule has 0 heterocycles. The molecule has 0 aromatic heterocycles. The molecular formula is C15H25N. The normalized spacial score (nSPS) is 13.0. The molecule has 1 unspecified atom stereocenters. The number of hydrogen-bond donors (Lipinski definition) is 1. The molecule has 1 aromatic carbocycles. The zero-order valence-electron chi connectivity index (χ0n) is 10.9. The SMILES string of the molecule is CCC(CNCc1ccccc1)CC(C)C. The maximum Gasteiger partial charge on any atom is 0.0205 e. The maximum absolute atomic E-state index is 3.56. The molecule has 0 saturated carbocycles. The Kier molecular flexibility index (Phi) is 6.17. The molecule has 90 valence electrons. The van der Waals surface area contributed by atoms with Crippen LogP contribution in [0, 0.1) is 11.8 Å². The molecule has 0 aliphatic rings. The average Bonchev–Trinajstić information content (AvgIpc) is 2.28. The minimum Gasteiger partial charge on any atom is -0.312 e. The van der Waals surface area contributed by atoms with E-state index in [1.165, 1.54) is 18.4 Å². The summed E-state index contributed by atoms with van der Waals surface area (Å²) >= 11 is 0. The van der Waals surface area contributed by atoms with Crippen molar-refractivity contribution in [2.45, 2.75) is 40.2 Å². The zero-order valence-corrected chi connectivity index (χ0v) is 10.9. The maximum atomic E-state index is 3.56. The molecular weight excluding hydrogens is 194 g/mol. The van der Waals surface area contributed by atoms with E-state index in [1.807, 2.05) is 0 Å². The van der Waals surface area contributed by atoms with Gasteiger partial charge in [0.05, 0.1) is 0 Å². The van der Waals surface area contributed by atoms with E-state index < -0.39 is 0 Å². The van der Waals surface area contributed by atoms with Gasteiger partial charge in [-0.1, -0.05) is 57.5 Å². The van der Waals surface area contributed by atoms with Gasteiger partial charge in [-0.15, -0.1) is 0 Å². The minimum atomic E-state index is 0.809. The fraction of sp³-hybridized carbons (Fsp3) is 0.600. The second-order valence-electron chi connectivity index (χ2n) is 5.02. The van der Waals surface area contributed by atoms with Gasteiger partial charge in [0.2, 0.25) is 0 Å². The van der Waals surface area contributed by atoms with Gasteiger partial charge in [-0.3, -0.25) is 0 Å². The van der Waals surface area contributed by atoms with E-state index in [9.17, 15) is 0 Å². The predicted molar refractivity (Wildman–Crippen MR) is 71.4 cm³/mol. The average molecular weight is 219 g/mol. The molecule has 1 N–H and O–H groups in total. The van der Waals surface area contributed by atoms with E-state index in [2.05, 4.69) is 56.4 Å². The van der Waals surface area contributed by atoms with Crippen LogP contribution in [0.5, 0.6) is 0 Å². The second kappa shape index (κ2) is 7.45. The lowest BCUT2D eigenvalue weighted by Gasteiger charge is -2.17. The van der Waals surface area contributed by atoms with Gasteiger partial charge in [0.1, 0.15) is 0 Å². The molecule has 1 aromatic rings. The van der Waals surface area contributed by atoms with Crippen molar-refractivity contribution in [2.75, 3.05) is 6.54 Å². The highest BCUT2D eigenvalue weighted by molar-refractivity contribution is 5.14. The smallest absolute Gasteiger partial charge is 0.0205 e. The third-order valence-electron chi connectivity index (χ3n) is 2.99. The molecule has 1 heteroatoms. The highest BCUT2D eigenvalue weighted by Gasteiger charge is 2.07. The molecule has 0 amide bonds. The first-order valence-electron chi connectivity index (χ1n) is 6.47. The van der Waals surface area contributed by atoms with Crippen LogP contribution in [-0.2, 0) is 6.54 Å². The Morgan fingerprint density at radius 3 is 2.38 bits per heavy atom. The number of hydrogen-bond acceptors (Lipinski definition) is 1. The van der Waals surface area contributed by atoms with Gasteiger partial charge in [-0.25, -0.2) is 0 Å². The molecule has 0 aliphatic carbocycles. The summed E-state index contributed by atoms with van der Waals surface area (Å²) in [4.78, 5) is 0. The van der Waals surface area contributed by atoms with Crippen molar-refractivity contribution in [1.82, 2.24) is 5.32 Å². The summed E-state index contributed by atoms with van der Waals surface area (Å²) in [5.41, 5.74) is 1.38. The van der Waals surface area contributed by atoms with Crippen LogP contribution in [0.1, 0.15) is 39.2 Å². The lowest BCUT2D eigenvalue weighted by atomic mass is 9.95. The van der Waals surface area contributed by atoms with E-state index in [1.54, 1.807) is 0 Å². The van der Waals surface area contributed by atoms with Crippen molar-refractivity contribution in [3.63, 3.8) is 0 Å². The van der Waals surface area contributed by atoms with Crippen molar-refractivity contribution < 1.29 is 0 Å². The Labute approximate surface area is 100 Å². The number of nitrogens with one attached hydrogen (secondary N) is 1. The molecule has 1 rings (SSSR count). The van der Waals surface area contributed by atoms with Crippen LogP contribution < -0.4 is 5.32 Å². The lowest BCUT2D eigenvalue weighted by molar-refractivity contribution is 0.377. The van der Waals surface area contributed by atoms with Gasteiger partial charge >= 0.3 is 0 Å². The van der Waals surface area contributed by atoms with E-state index in [0.717, 1.165) is 24.9 Å². The molecule has 1 nitrogen and oxygen atoms in total. The van der Waals surface area contributed by atoms with Gasteiger partial charge in [0.25, 0.3) is 0 Å². The number of rotatable bonds is 7. The Hall–Kier alpha value is -0.820. The van der Waals surface area contributed by atoms with Gasteiger partial charge in [-0.05, 0) is 30.4 Å². The Balaban J connectivity index is 2.23. The van der Waals surface area contributed by atoms with Gasteiger partial charge < -0.3 is 5.32 Å². The number of benzene rings is 1. The highest BCUT2D eigenvalue weighted by atomic mass is 14.9. The van der Waals surface area contributed by atoms with Crippen LogP contribution in [-0.4, -0.2) is 6.54 Å². The van der Waals surface area contributed by atoms with Crippen molar-refractivity contribution in [3.8, 4) is 0 Å². The topological polar surface area (TPSA) is 12.0 Å². The summed E-state index contributed by atoms with van der Waals surface area (Å²) in [6, 6.07) is 10.6. The van der Waals surface area contributed by atoms with E-state index in [4.69, 9.17) is 0 Å². The second-order valence-corrected chi connectivity index (χ2v) is 5.02. The molecule has 1 atom stereocenters. The molecule has 0 aliphatic heterocycles. The molecule has 0 saturated heterocycles. The predicted octanol–water partition coefficient (Wildman–Crippen LogP) is 3.85. The van der Waals surface area contributed by atoms with Gasteiger partial charge in [-0.2, -0.15) is 0 Å². The van der Waals surface area contributed by atoms with Crippen molar-refractivity contribution in [1.29, 1.82) is 0 Å².